The number of nitrogens with zero attached hydrogens (tertiary/aromatic N) is 3. The molecule has 0 bridgehead atoms. The maximum atomic E-state index is 5.90. The van der Waals surface area contributed by atoms with Crippen molar-refractivity contribution in [2.24, 2.45) is 4.99 Å². The Morgan fingerprint density at radius 1 is 1.06 bits per heavy atom. The van der Waals surface area contributed by atoms with E-state index in [1.54, 1.807) is 14.2 Å². The van der Waals surface area contributed by atoms with Gasteiger partial charge in [-0.05, 0) is 43.2 Å². The first-order chi connectivity index (χ1) is 15.1. The third kappa shape index (κ3) is 6.21. The van der Waals surface area contributed by atoms with Gasteiger partial charge in [-0.3, -0.25) is 9.67 Å². The molecule has 3 rings (SSSR count). The number of nitrogens with one attached hydrogen (secondary N) is 2. The summed E-state index contributed by atoms with van der Waals surface area (Å²) < 4.78 is 13.1. The average Bonchev–Trinajstić information content (AvgIpc) is 3.06. The summed E-state index contributed by atoms with van der Waals surface area (Å²) in [4.78, 5) is 4.32. The summed E-state index contributed by atoms with van der Waals surface area (Å²) in [5.74, 6) is 1.67. The molecule has 0 spiro atoms. The van der Waals surface area contributed by atoms with Gasteiger partial charge in [0.1, 0.15) is 5.75 Å². The number of guanidine groups is 1. The number of rotatable bonds is 10. The third-order valence-electron chi connectivity index (χ3n) is 5.30. The lowest BCUT2D eigenvalue weighted by molar-refractivity contribution is 0.182. The second-order valence-electron chi connectivity index (χ2n) is 7.43. The van der Waals surface area contributed by atoms with Crippen molar-refractivity contribution in [2.45, 2.75) is 33.4 Å². The van der Waals surface area contributed by atoms with Crippen LogP contribution in [0.3, 0.4) is 0 Å². The number of hydrogen-bond acceptors (Lipinski definition) is 4. The Morgan fingerprint density at radius 3 is 2.65 bits per heavy atom. The topological polar surface area (TPSA) is 72.7 Å². The molecule has 1 aromatic heterocycles. The Kier molecular flexibility index (Phi) is 8.29. The molecule has 7 nitrogen and oxygen atoms in total. The van der Waals surface area contributed by atoms with E-state index in [4.69, 9.17) is 9.47 Å². The molecule has 1 heterocycles. The van der Waals surface area contributed by atoms with Gasteiger partial charge in [0.05, 0.1) is 25.5 Å². The highest BCUT2D eigenvalue weighted by Crippen LogP contribution is 2.20. The molecule has 0 atom stereocenters. The van der Waals surface area contributed by atoms with Gasteiger partial charge in [-0.1, -0.05) is 30.3 Å². The molecule has 3 aromatic rings. The van der Waals surface area contributed by atoms with Crippen molar-refractivity contribution in [3.8, 4) is 5.75 Å². The minimum absolute atomic E-state index is 0.646. The maximum Gasteiger partial charge on any atom is 0.191 e. The number of benzene rings is 2. The van der Waals surface area contributed by atoms with E-state index in [1.165, 1.54) is 16.3 Å². The van der Waals surface area contributed by atoms with E-state index >= 15 is 0 Å². The lowest BCUT2D eigenvalue weighted by Gasteiger charge is -2.13. The van der Waals surface area contributed by atoms with Gasteiger partial charge in [-0.25, -0.2) is 0 Å². The first-order valence-corrected chi connectivity index (χ1v) is 10.7. The average molecular weight is 424 g/mol. The standard InChI is InChI=1S/C24H33N5O2/c1-18-23(19(2)29(28-18)13-15-30-4)17-27-24(25-3)26-12-7-14-31-22-11-10-20-8-5-6-9-21(20)16-22/h5-6,8-11,16H,7,12-15,17H2,1-4H3,(H2,25,26,27). The highest BCUT2D eigenvalue weighted by Gasteiger charge is 2.11. The summed E-state index contributed by atoms with van der Waals surface area (Å²) in [6.07, 6.45) is 0.876. The minimum Gasteiger partial charge on any atom is -0.494 e. The van der Waals surface area contributed by atoms with Gasteiger partial charge < -0.3 is 20.1 Å². The largest absolute Gasteiger partial charge is 0.494 e. The summed E-state index contributed by atoms with van der Waals surface area (Å²) in [5, 5.41) is 13.7. The molecule has 0 saturated carbocycles. The molecule has 2 aromatic carbocycles. The number of fused-ring (bicyclic) bond motifs is 1. The van der Waals surface area contributed by atoms with E-state index in [1.807, 2.05) is 29.8 Å². The predicted molar refractivity (Wildman–Crippen MR) is 126 cm³/mol. The van der Waals surface area contributed by atoms with Crippen molar-refractivity contribution >= 4 is 16.7 Å². The highest BCUT2D eigenvalue weighted by atomic mass is 16.5. The summed E-state index contributed by atoms with van der Waals surface area (Å²) >= 11 is 0. The first kappa shape index (κ1) is 22.6. The van der Waals surface area contributed by atoms with E-state index in [0.29, 0.717) is 19.8 Å². The molecular weight excluding hydrogens is 390 g/mol. The van der Waals surface area contributed by atoms with Gasteiger partial charge in [0.2, 0.25) is 0 Å². The summed E-state index contributed by atoms with van der Waals surface area (Å²) in [6, 6.07) is 14.5. The van der Waals surface area contributed by atoms with Gasteiger partial charge in [0.15, 0.2) is 5.96 Å². The normalized spacial score (nSPS) is 11.7. The Hall–Kier alpha value is -3.06. The molecule has 0 fully saturated rings. The van der Waals surface area contributed by atoms with Crippen molar-refractivity contribution in [2.75, 3.05) is 33.9 Å². The molecule has 166 valence electrons. The van der Waals surface area contributed by atoms with Crippen LogP contribution in [0.2, 0.25) is 0 Å². The van der Waals surface area contributed by atoms with Crippen LogP contribution in [0.15, 0.2) is 47.5 Å². The fourth-order valence-corrected chi connectivity index (χ4v) is 3.50. The minimum atomic E-state index is 0.646. The van der Waals surface area contributed by atoms with Crippen molar-refractivity contribution in [3.63, 3.8) is 0 Å². The summed E-state index contributed by atoms with van der Waals surface area (Å²) in [5.41, 5.74) is 3.38. The number of methoxy groups -OCH3 is 1. The van der Waals surface area contributed by atoms with Crippen LogP contribution < -0.4 is 15.4 Å². The Bertz CT molecular complexity index is 1010. The van der Waals surface area contributed by atoms with Crippen LogP contribution in [0.1, 0.15) is 23.4 Å². The van der Waals surface area contributed by atoms with Crippen LogP contribution in [0.4, 0.5) is 0 Å². The van der Waals surface area contributed by atoms with Crippen LogP contribution in [0, 0.1) is 13.8 Å². The van der Waals surface area contributed by atoms with Gasteiger partial charge >= 0.3 is 0 Å². The number of hydrogen-bond donors (Lipinski definition) is 2. The Morgan fingerprint density at radius 2 is 1.87 bits per heavy atom. The van der Waals surface area contributed by atoms with Crippen molar-refractivity contribution in [1.82, 2.24) is 20.4 Å². The smallest absolute Gasteiger partial charge is 0.191 e. The molecule has 0 saturated heterocycles. The van der Waals surface area contributed by atoms with Crippen molar-refractivity contribution in [1.29, 1.82) is 0 Å². The Labute approximate surface area is 184 Å². The first-order valence-electron chi connectivity index (χ1n) is 10.7. The van der Waals surface area contributed by atoms with Crippen molar-refractivity contribution < 1.29 is 9.47 Å². The van der Waals surface area contributed by atoms with Gasteiger partial charge in [-0.2, -0.15) is 5.10 Å². The van der Waals surface area contributed by atoms with Crippen LogP contribution in [-0.4, -0.2) is 49.7 Å². The quantitative estimate of drug-likeness (QED) is 0.297. The monoisotopic (exact) mass is 423 g/mol. The van der Waals surface area contributed by atoms with E-state index in [2.05, 4.69) is 51.9 Å². The number of aromatic nitrogens is 2. The molecule has 0 unspecified atom stereocenters. The zero-order chi connectivity index (χ0) is 22.1. The van der Waals surface area contributed by atoms with Gasteiger partial charge in [0, 0.05) is 38.5 Å². The predicted octanol–water partition coefficient (Wildman–Crippen LogP) is 3.43. The fourth-order valence-electron chi connectivity index (χ4n) is 3.50. The molecule has 31 heavy (non-hydrogen) atoms. The molecule has 7 heteroatoms. The van der Waals surface area contributed by atoms with E-state index in [9.17, 15) is 0 Å². The molecule has 0 aliphatic heterocycles. The van der Waals surface area contributed by atoms with Crippen LogP contribution in [0.5, 0.6) is 5.75 Å². The Balaban J connectivity index is 1.41. The zero-order valence-corrected chi connectivity index (χ0v) is 18.9. The number of ether oxygens (including phenoxy) is 2. The molecule has 0 radical (unpaired) electrons. The number of aryl methyl sites for hydroxylation is 1. The molecule has 2 N–H and O–H groups in total. The molecular formula is C24H33N5O2. The lowest BCUT2D eigenvalue weighted by atomic mass is 10.1. The number of aliphatic imine (C=N–C) groups is 1. The van der Waals surface area contributed by atoms with Gasteiger partial charge in [0.25, 0.3) is 0 Å². The van der Waals surface area contributed by atoms with Crippen LogP contribution >= 0.6 is 0 Å². The summed E-state index contributed by atoms with van der Waals surface area (Å²) in [7, 11) is 3.49. The van der Waals surface area contributed by atoms with Crippen LogP contribution in [0.25, 0.3) is 10.8 Å². The van der Waals surface area contributed by atoms with Crippen LogP contribution in [-0.2, 0) is 17.8 Å². The van der Waals surface area contributed by atoms with E-state index in [0.717, 1.165) is 42.6 Å². The van der Waals surface area contributed by atoms with Gasteiger partial charge in [-0.15, -0.1) is 0 Å². The second kappa shape index (κ2) is 11.4. The summed E-state index contributed by atoms with van der Waals surface area (Å²) in [6.45, 7) is 7.64. The fraction of sp³-hybridized carbons (Fsp3) is 0.417. The lowest BCUT2D eigenvalue weighted by Crippen LogP contribution is -2.37. The maximum absolute atomic E-state index is 5.90. The second-order valence-corrected chi connectivity index (χ2v) is 7.43. The van der Waals surface area contributed by atoms with E-state index < -0.39 is 0 Å². The zero-order valence-electron chi connectivity index (χ0n) is 18.9. The van der Waals surface area contributed by atoms with Crippen molar-refractivity contribution in [3.05, 3.63) is 59.4 Å². The van der Waals surface area contributed by atoms with E-state index in [-0.39, 0.29) is 0 Å². The third-order valence-corrected chi connectivity index (χ3v) is 5.30. The molecule has 0 aliphatic rings. The highest BCUT2D eigenvalue weighted by molar-refractivity contribution is 5.83. The molecule has 0 aliphatic carbocycles. The SMILES string of the molecule is CN=C(NCCCOc1ccc2ccccc2c1)NCc1c(C)nn(CCOC)c1C. The molecule has 0 amide bonds.